The average Bonchev–Trinajstić information content (AvgIpc) is 3.29. The van der Waals surface area contributed by atoms with E-state index in [0.29, 0.717) is 17.9 Å². The molecule has 9 heteroatoms. The van der Waals surface area contributed by atoms with Gasteiger partial charge in [0.15, 0.2) is 0 Å². The Kier molecular flexibility index (Phi) is 6.24. The first-order chi connectivity index (χ1) is 15.0. The van der Waals surface area contributed by atoms with E-state index in [-0.39, 0.29) is 23.5 Å². The van der Waals surface area contributed by atoms with Crippen LogP contribution in [-0.4, -0.2) is 49.5 Å². The predicted octanol–water partition coefficient (Wildman–Crippen LogP) is 3.62. The summed E-state index contributed by atoms with van der Waals surface area (Å²) in [5, 5.41) is 10.2. The minimum absolute atomic E-state index is 0.00351. The third kappa shape index (κ3) is 4.89. The van der Waals surface area contributed by atoms with Crippen molar-refractivity contribution >= 4 is 11.6 Å². The average molecular weight is 428 g/mol. The minimum Gasteiger partial charge on any atom is -0.435 e. The normalized spacial score (nSPS) is 16.3. The van der Waals surface area contributed by atoms with Crippen LogP contribution in [-0.2, 0) is 4.74 Å². The molecule has 1 aromatic heterocycles. The molecule has 2 heterocycles. The van der Waals surface area contributed by atoms with Gasteiger partial charge in [-0.2, -0.15) is 13.9 Å². The van der Waals surface area contributed by atoms with Crippen LogP contribution < -0.4 is 15.0 Å². The molecule has 3 aromatic rings. The first-order valence-electron chi connectivity index (χ1n) is 9.82. The van der Waals surface area contributed by atoms with Crippen LogP contribution in [0.2, 0.25) is 0 Å². The van der Waals surface area contributed by atoms with Crippen molar-refractivity contribution in [3.8, 4) is 17.0 Å². The number of anilines is 1. The van der Waals surface area contributed by atoms with Gasteiger partial charge in [-0.05, 0) is 35.9 Å². The van der Waals surface area contributed by atoms with Gasteiger partial charge in [0.25, 0.3) is 5.91 Å². The molecule has 0 bridgehead atoms. The number of ether oxygens (including phenoxy) is 2. The number of benzene rings is 2. The molecule has 1 saturated heterocycles. The van der Waals surface area contributed by atoms with E-state index in [2.05, 4.69) is 20.3 Å². The van der Waals surface area contributed by atoms with Crippen molar-refractivity contribution in [2.45, 2.75) is 12.7 Å². The second kappa shape index (κ2) is 9.23. The first-order valence-corrected chi connectivity index (χ1v) is 9.82. The Balaban J connectivity index is 1.47. The third-order valence-electron chi connectivity index (χ3n) is 5.05. The largest absolute Gasteiger partial charge is 0.435 e. The number of carbonyl (C=O) groups is 1. The number of hydrogen-bond acceptors (Lipinski definition) is 5. The fraction of sp³-hybridized carbons (Fsp3) is 0.273. The SMILES string of the molecule is CN(C(=O)c1cc(-c2cccc(OC(F)F)c2)n[nH]1)c1ccc([C@H]2CNCCO2)cc1. The number of halogens is 2. The molecule has 1 fully saturated rings. The van der Waals surface area contributed by atoms with Crippen molar-refractivity contribution in [1.29, 1.82) is 0 Å². The molecule has 31 heavy (non-hydrogen) atoms. The zero-order chi connectivity index (χ0) is 21.8. The van der Waals surface area contributed by atoms with Crippen molar-refractivity contribution < 1.29 is 23.0 Å². The Bertz CT molecular complexity index is 1030. The highest BCUT2D eigenvalue weighted by atomic mass is 19.3. The van der Waals surface area contributed by atoms with Crippen LogP contribution in [0.15, 0.2) is 54.6 Å². The van der Waals surface area contributed by atoms with Gasteiger partial charge in [-0.15, -0.1) is 0 Å². The molecule has 4 rings (SSSR count). The number of morpholine rings is 1. The van der Waals surface area contributed by atoms with Crippen LogP contribution in [0.25, 0.3) is 11.3 Å². The lowest BCUT2D eigenvalue weighted by molar-refractivity contribution is -0.0498. The molecule has 1 aliphatic rings. The Morgan fingerprint density at radius 1 is 1.23 bits per heavy atom. The topological polar surface area (TPSA) is 79.5 Å². The standard InChI is InChI=1S/C22H22F2N4O3/c1-28(16-7-5-14(6-8-16)20-13-25-9-10-30-20)21(29)19-12-18(26-27-19)15-3-2-4-17(11-15)31-22(23)24/h2-8,11-12,20,22,25H,9-10,13H2,1H3,(H,26,27)/t20-/m1/s1. The van der Waals surface area contributed by atoms with E-state index in [1.54, 1.807) is 25.2 Å². The van der Waals surface area contributed by atoms with Gasteiger partial charge in [0.05, 0.1) is 18.4 Å². The summed E-state index contributed by atoms with van der Waals surface area (Å²) in [5.74, 6) is -0.250. The Hall–Kier alpha value is -3.30. The molecule has 0 spiro atoms. The van der Waals surface area contributed by atoms with Gasteiger partial charge in [-0.3, -0.25) is 9.89 Å². The number of hydrogen-bond donors (Lipinski definition) is 2. The number of rotatable bonds is 6. The molecule has 0 aliphatic carbocycles. The van der Waals surface area contributed by atoms with Gasteiger partial charge in [0.2, 0.25) is 0 Å². The van der Waals surface area contributed by atoms with E-state index < -0.39 is 6.61 Å². The number of H-pyrrole nitrogens is 1. The third-order valence-corrected chi connectivity index (χ3v) is 5.05. The van der Waals surface area contributed by atoms with E-state index in [4.69, 9.17) is 4.74 Å². The lowest BCUT2D eigenvalue weighted by Crippen LogP contribution is -2.33. The fourth-order valence-corrected chi connectivity index (χ4v) is 3.40. The van der Waals surface area contributed by atoms with E-state index in [1.165, 1.54) is 17.0 Å². The zero-order valence-electron chi connectivity index (χ0n) is 16.8. The molecule has 1 aliphatic heterocycles. The molecule has 2 N–H and O–H groups in total. The fourth-order valence-electron chi connectivity index (χ4n) is 3.40. The van der Waals surface area contributed by atoms with Gasteiger partial charge in [-0.1, -0.05) is 24.3 Å². The van der Waals surface area contributed by atoms with Crippen LogP contribution in [0, 0.1) is 0 Å². The molecule has 0 radical (unpaired) electrons. The highest BCUT2D eigenvalue weighted by molar-refractivity contribution is 6.04. The lowest BCUT2D eigenvalue weighted by atomic mass is 10.1. The minimum atomic E-state index is -2.91. The highest BCUT2D eigenvalue weighted by Gasteiger charge is 2.19. The van der Waals surface area contributed by atoms with Gasteiger partial charge in [-0.25, -0.2) is 0 Å². The lowest BCUT2D eigenvalue weighted by Gasteiger charge is -2.24. The molecule has 0 saturated carbocycles. The summed E-state index contributed by atoms with van der Waals surface area (Å²) in [5.41, 5.74) is 3.06. The molecular weight excluding hydrogens is 406 g/mol. The summed E-state index contributed by atoms with van der Waals surface area (Å²) in [7, 11) is 1.67. The maximum Gasteiger partial charge on any atom is 0.387 e. The smallest absolute Gasteiger partial charge is 0.387 e. The van der Waals surface area contributed by atoms with Gasteiger partial charge in [0, 0.05) is 31.4 Å². The second-order valence-corrected chi connectivity index (χ2v) is 7.09. The summed E-state index contributed by atoms with van der Waals surface area (Å²) in [6, 6.07) is 15.4. The van der Waals surface area contributed by atoms with Gasteiger partial charge < -0.3 is 19.7 Å². The van der Waals surface area contributed by atoms with Crippen molar-refractivity contribution in [3.63, 3.8) is 0 Å². The van der Waals surface area contributed by atoms with Crippen LogP contribution in [0.4, 0.5) is 14.5 Å². The van der Waals surface area contributed by atoms with Crippen molar-refractivity contribution in [2.75, 3.05) is 31.6 Å². The zero-order valence-corrected chi connectivity index (χ0v) is 16.8. The van der Waals surface area contributed by atoms with Crippen LogP contribution >= 0.6 is 0 Å². The number of alkyl halides is 2. The second-order valence-electron chi connectivity index (χ2n) is 7.09. The number of amides is 1. The molecular formula is C22H22F2N4O3. The quantitative estimate of drug-likeness (QED) is 0.627. The number of aromatic amines is 1. The number of nitrogens with one attached hydrogen (secondary N) is 2. The van der Waals surface area contributed by atoms with E-state index in [9.17, 15) is 13.6 Å². The summed E-state index contributed by atoms with van der Waals surface area (Å²) < 4.78 is 35.1. The molecule has 2 aromatic carbocycles. The molecule has 162 valence electrons. The predicted molar refractivity (Wildman–Crippen MR) is 111 cm³/mol. The first kappa shape index (κ1) is 21.0. The van der Waals surface area contributed by atoms with Gasteiger partial charge in [0.1, 0.15) is 11.4 Å². The monoisotopic (exact) mass is 428 g/mol. The van der Waals surface area contributed by atoms with Crippen LogP contribution in [0.1, 0.15) is 22.2 Å². The van der Waals surface area contributed by atoms with E-state index in [1.807, 2.05) is 24.3 Å². The molecule has 1 amide bonds. The Labute approximate surface area is 178 Å². The number of aromatic nitrogens is 2. The van der Waals surface area contributed by atoms with E-state index in [0.717, 1.165) is 24.3 Å². The maximum atomic E-state index is 12.9. The maximum absolute atomic E-state index is 12.9. The number of carbonyl (C=O) groups excluding carboxylic acids is 1. The van der Waals surface area contributed by atoms with Crippen molar-refractivity contribution in [1.82, 2.24) is 15.5 Å². The molecule has 1 atom stereocenters. The summed E-state index contributed by atoms with van der Waals surface area (Å²) in [6.07, 6.45) is 0.00351. The van der Waals surface area contributed by atoms with Gasteiger partial charge >= 0.3 is 6.61 Å². The molecule has 0 unspecified atom stereocenters. The highest BCUT2D eigenvalue weighted by Crippen LogP contribution is 2.26. The number of nitrogens with zero attached hydrogens (tertiary/aromatic N) is 2. The van der Waals surface area contributed by atoms with E-state index >= 15 is 0 Å². The summed E-state index contributed by atoms with van der Waals surface area (Å²) >= 11 is 0. The summed E-state index contributed by atoms with van der Waals surface area (Å²) in [6.45, 7) is -0.632. The van der Waals surface area contributed by atoms with Crippen LogP contribution in [0.3, 0.4) is 0 Å². The Morgan fingerprint density at radius 3 is 2.74 bits per heavy atom. The van der Waals surface area contributed by atoms with Crippen LogP contribution in [0.5, 0.6) is 5.75 Å². The summed E-state index contributed by atoms with van der Waals surface area (Å²) in [4.78, 5) is 14.4. The van der Waals surface area contributed by atoms with Crippen molar-refractivity contribution in [2.24, 2.45) is 0 Å². The molecule has 7 nitrogen and oxygen atoms in total. The Morgan fingerprint density at radius 2 is 2.03 bits per heavy atom. The van der Waals surface area contributed by atoms with Crippen molar-refractivity contribution in [3.05, 3.63) is 65.9 Å².